The van der Waals surface area contributed by atoms with Crippen molar-refractivity contribution in [2.45, 2.75) is 37.1 Å². The first-order valence-corrected chi connectivity index (χ1v) is 12.8. The van der Waals surface area contributed by atoms with Crippen LogP contribution in [0.2, 0.25) is 0 Å². The number of methoxy groups -OCH3 is 2. The van der Waals surface area contributed by atoms with Gasteiger partial charge in [0.1, 0.15) is 31.0 Å². The summed E-state index contributed by atoms with van der Waals surface area (Å²) in [6.07, 6.45) is -2.33. The maximum absolute atomic E-state index is 12.3. The third kappa shape index (κ3) is 6.24. The molecular weight excluding hydrogens is 532 g/mol. The van der Waals surface area contributed by atoms with E-state index in [0.717, 1.165) is 11.6 Å². The minimum Gasteiger partial charge on any atom is -0.502 e. The van der Waals surface area contributed by atoms with Crippen molar-refractivity contribution in [2.24, 2.45) is 17.8 Å². The number of benzene rings is 1. The molecule has 2 aliphatic heterocycles. The number of phenolic OH excluding ortho intramolecular Hbond substituents is 1. The Labute approximate surface area is 230 Å². The lowest BCUT2D eigenvalue weighted by atomic mass is 9.80. The van der Waals surface area contributed by atoms with Crippen LogP contribution in [0.3, 0.4) is 0 Å². The van der Waals surface area contributed by atoms with Gasteiger partial charge in [-0.25, -0.2) is 4.79 Å². The number of allylic oxidation sites excluding steroid dienone is 1. The third-order valence-electron chi connectivity index (χ3n) is 7.45. The Morgan fingerprint density at radius 3 is 2.45 bits per heavy atom. The Morgan fingerprint density at radius 1 is 1.10 bits per heavy atom. The number of esters is 2. The lowest BCUT2D eigenvalue weighted by Crippen LogP contribution is -2.59. The van der Waals surface area contributed by atoms with Gasteiger partial charge in [-0.05, 0) is 41.7 Å². The normalized spacial score (nSPS) is 31.9. The second-order valence-corrected chi connectivity index (χ2v) is 9.77. The van der Waals surface area contributed by atoms with Crippen LogP contribution >= 0.6 is 0 Å². The molecule has 0 amide bonds. The number of aromatic hydroxyl groups is 1. The fraction of sp³-hybridized carbons (Fsp3) is 0.556. The predicted molar refractivity (Wildman–Crippen MR) is 135 cm³/mol. The quantitative estimate of drug-likeness (QED) is 0.139. The van der Waals surface area contributed by atoms with Crippen molar-refractivity contribution >= 4 is 18.0 Å². The molecule has 1 aromatic rings. The van der Waals surface area contributed by atoms with Crippen LogP contribution in [0.1, 0.15) is 12.0 Å². The van der Waals surface area contributed by atoms with E-state index in [1.165, 1.54) is 32.4 Å². The smallest absolute Gasteiger partial charge is 0.330 e. The molecule has 0 radical (unpaired) electrons. The van der Waals surface area contributed by atoms with Gasteiger partial charge in [0.15, 0.2) is 17.8 Å². The zero-order valence-electron chi connectivity index (χ0n) is 22.0. The Hall–Kier alpha value is -3.20. The van der Waals surface area contributed by atoms with E-state index in [9.17, 15) is 35.1 Å². The third-order valence-corrected chi connectivity index (χ3v) is 7.45. The number of phenols is 1. The molecule has 0 aromatic heterocycles. The lowest BCUT2D eigenvalue weighted by Gasteiger charge is -2.40. The number of ether oxygens (including phenoxy) is 6. The molecule has 0 unspecified atom stereocenters. The highest BCUT2D eigenvalue weighted by molar-refractivity contribution is 5.87. The molecule has 0 saturated carbocycles. The largest absolute Gasteiger partial charge is 0.502 e. The number of carbonyl (C=O) groups is 2. The molecule has 8 atom stereocenters. The summed E-state index contributed by atoms with van der Waals surface area (Å²) < 4.78 is 31.9. The van der Waals surface area contributed by atoms with Crippen molar-refractivity contribution in [1.82, 2.24) is 0 Å². The summed E-state index contributed by atoms with van der Waals surface area (Å²) in [7, 11) is 2.74. The Kier molecular flexibility index (Phi) is 9.66. The standard InChI is InChI=1S/C27H34O13/c1-35-18-7-13(8-19(36-2)22(18)30)3-6-21(29)37-12-20-23(31)24(32)25(33)27(40-20)39-10-14-4-5-15-16(9-28)26(34)38-11-17(14)15/h3-4,6-8,15-17,20,23-25,27-28,30-33H,5,9-12H2,1-2H3/b6-3+/t15-,16-,17-,20-,23-,24+,25-,27-/m1/s1. The fourth-order valence-electron chi connectivity index (χ4n) is 5.14. The Balaban J connectivity index is 1.32. The monoisotopic (exact) mass is 566 g/mol. The van der Waals surface area contributed by atoms with Gasteiger partial charge in [-0.15, -0.1) is 0 Å². The molecule has 1 aromatic carbocycles. The number of hydrogen-bond donors (Lipinski definition) is 5. The predicted octanol–water partition coefficient (Wildman–Crippen LogP) is -0.482. The summed E-state index contributed by atoms with van der Waals surface area (Å²) in [5, 5.41) is 50.7. The second kappa shape index (κ2) is 13.0. The number of aliphatic hydroxyl groups excluding tert-OH is 4. The molecule has 0 bridgehead atoms. The molecule has 4 rings (SSSR count). The molecule has 1 aliphatic carbocycles. The molecule has 2 fully saturated rings. The van der Waals surface area contributed by atoms with E-state index in [-0.39, 0.29) is 48.9 Å². The maximum atomic E-state index is 12.3. The molecule has 0 spiro atoms. The van der Waals surface area contributed by atoms with Gasteiger partial charge in [-0.2, -0.15) is 0 Å². The number of cyclic esters (lactones) is 1. The van der Waals surface area contributed by atoms with Crippen LogP contribution in [0, 0.1) is 17.8 Å². The SMILES string of the molecule is COc1cc(/C=C/C(=O)OC[C@H]2O[C@@H](OCC3=CC[C@H]4[C@@H]3COC(=O)[C@@H]4CO)[C@H](O)[C@@H](O)[C@@H]2O)cc(OC)c1O. The summed E-state index contributed by atoms with van der Waals surface area (Å²) in [6, 6.07) is 2.97. The number of hydrogen-bond acceptors (Lipinski definition) is 13. The summed E-state index contributed by atoms with van der Waals surface area (Å²) in [5.41, 5.74) is 1.29. The maximum Gasteiger partial charge on any atom is 0.330 e. The van der Waals surface area contributed by atoms with Gasteiger partial charge in [0, 0.05) is 12.0 Å². The minimum atomic E-state index is -1.63. The summed E-state index contributed by atoms with van der Waals surface area (Å²) >= 11 is 0. The summed E-state index contributed by atoms with van der Waals surface area (Å²) in [6.45, 7) is -0.613. The highest BCUT2D eigenvalue weighted by atomic mass is 16.7. The van der Waals surface area contributed by atoms with Crippen LogP contribution in [-0.4, -0.2) is 109 Å². The van der Waals surface area contributed by atoms with Gasteiger partial charge < -0.3 is 54.0 Å². The van der Waals surface area contributed by atoms with E-state index in [0.29, 0.717) is 12.0 Å². The van der Waals surface area contributed by atoms with Crippen LogP contribution in [-0.2, 0) is 28.5 Å². The van der Waals surface area contributed by atoms with E-state index >= 15 is 0 Å². The molecule has 40 heavy (non-hydrogen) atoms. The van der Waals surface area contributed by atoms with E-state index in [2.05, 4.69) is 0 Å². The van der Waals surface area contributed by atoms with Crippen molar-refractivity contribution in [3.05, 3.63) is 35.4 Å². The Bertz CT molecular complexity index is 1110. The molecular formula is C27H34O13. The number of aliphatic hydroxyl groups is 4. The van der Waals surface area contributed by atoms with Crippen LogP contribution < -0.4 is 9.47 Å². The van der Waals surface area contributed by atoms with Crippen LogP contribution in [0.15, 0.2) is 29.9 Å². The van der Waals surface area contributed by atoms with E-state index < -0.39 is 55.2 Å². The second-order valence-electron chi connectivity index (χ2n) is 9.77. The van der Waals surface area contributed by atoms with E-state index in [4.69, 9.17) is 28.4 Å². The van der Waals surface area contributed by atoms with Crippen LogP contribution in [0.5, 0.6) is 17.2 Å². The van der Waals surface area contributed by atoms with Crippen LogP contribution in [0.4, 0.5) is 0 Å². The van der Waals surface area contributed by atoms with Crippen LogP contribution in [0.25, 0.3) is 6.08 Å². The van der Waals surface area contributed by atoms with Crippen molar-refractivity contribution in [1.29, 1.82) is 0 Å². The van der Waals surface area contributed by atoms with Gasteiger partial charge in [0.2, 0.25) is 5.75 Å². The van der Waals surface area contributed by atoms with Crippen molar-refractivity contribution < 1.29 is 63.5 Å². The topological polar surface area (TPSA) is 191 Å². The van der Waals surface area contributed by atoms with Gasteiger partial charge in [-0.1, -0.05) is 6.08 Å². The Morgan fingerprint density at radius 2 is 1.80 bits per heavy atom. The first-order chi connectivity index (χ1) is 19.2. The fourth-order valence-corrected chi connectivity index (χ4v) is 5.14. The molecule has 13 heteroatoms. The number of carbonyl (C=O) groups excluding carboxylic acids is 2. The number of rotatable bonds is 10. The summed E-state index contributed by atoms with van der Waals surface area (Å²) in [4.78, 5) is 24.2. The first-order valence-electron chi connectivity index (χ1n) is 12.8. The minimum absolute atomic E-state index is 0.00376. The molecule has 3 aliphatic rings. The zero-order chi connectivity index (χ0) is 29.0. The summed E-state index contributed by atoms with van der Waals surface area (Å²) in [5.74, 6) is -2.00. The van der Waals surface area contributed by atoms with Gasteiger partial charge >= 0.3 is 11.9 Å². The average molecular weight is 567 g/mol. The number of fused-ring (bicyclic) bond motifs is 1. The van der Waals surface area contributed by atoms with E-state index in [1.54, 1.807) is 0 Å². The van der Waals surface area contributed by atoms with Crippen molar-refractivity contribution in [3.8, 4) is 17.2 Å². The lowest BCUT2D eigenvalue weighted by molar-refractivity contribution is -0.299. The van der Waals surface area contributed by atoms with Gasteiger partial charge in [0.05, 0.1) is 40.0 Å². The van der Waals surface area contributed by atoms with Crippen molar-refractivity contribution in [2.75, 3.05) is 40.6 Å². The zero-order valence-corrected chi connectivity index (χ0v) is 22.0. The van der Waals surface area contributed by atoms with Gasteiger partial charge in [-0.3, -0.25) is 4.79 Å². The molecule has 2 saturated heterocycles. The van der Waals surface area contributed by atoms with Crippen molar-refractivity contribution in [3.63, 3.8) is 0 Å². The molecule has 220 valence electrons. The molecule has 2 heterocycles. The molecule has 13 nitrogen and oxygen atoms in total. The first kappa shape index (κ1) is 29.8. The van der Waals surface area contributed by atoms with Gasteiger partial charge in [0.25, 0.3) is 0 Å². The molecule has 5 N–H and O–H groups in total. The highest BCUT2D eigenvalue weighted by Crippen LogP contribution is 2.41. The average Bonchev–Trinajstić information content (AvgIpc) is 3.37. The van der Waals surface area contributed by atoms with E-state index in [1.807, 2.05) is 6.08 Å². The highest BCUT2D eigenvalue weighted by Gasteiger charge is 2.47.